The summed E-state index contributed by atoms with van der Waals surface area (Å²) >= 11 is 0. The summed E-state index contributed by atoms with van der Waals surface area (Å²) < 4.78 is 13.4. The van der Waals surface area contributed by atoms with Crippen molar-refractivity contribution in [2.24, 2.45) is 5.92 Å². The molecule has 3 N–H and O–H groups in total. The van der Waals surface area contributed by atoms with Crippen molar-refractivity contribution in [3.63, 3.8) is 0 Å². The van der Waals surface area contributed by atoms with Crippen LogP contribution >= 0.6 is 0 Å². The van der Waals surface area contributed by atoms with Crippen LogP contribution in [0, 0.1) is 11.7 Å². The number of nitrogens with zero attached hydrogens (tertiary/aromatic N) is 1. The number of aromatic nitrogens is 1. The third kappa shape index (κ3) is 5.67. The lowest BCUT2D eigenvalue weighted by Crippen LogP contribution is -2.47. The first-order chi connectivity index (χ1) is 15.1. The fourth-order valence-electron chi connectivity index (χ4n) is 4.46. The van der Waals surface area contributed by atoms with E-state index in [1.165, 1.54) is 18.3 Å². The predicted octanol–water partition coefficient (Wildman–Crippen LogP) is 3.04. The lowest BCUT2D eigenvalue weighted by molar-refractivity contribution is -0.127. The predicted molar refractivity (Wildman–Crippen MR) is 117 cm³/mol. The summed E-state index contributed by atoms with van der Waals surface area (Å²) in [5.74, 6) is -0.450. The summed E-state index contributed by atoms with van der Waals surface area (Å²) in [4.78, 5) is 29.7. The van der Waals surface area contributed by atoms with Crippen LogP contribution in [0.5, 0.6) is 0 Å². The van der Waals surface area contributed by atoms with E-state index in [1.54, 1.807) is 24.3 Å². The van der Waals surface area contributed by atoms with E-state index in [2.05, 4.69) is 20.9 Å². The number of hydrogen-bond donors (Lipinski definition) is 3. The minimum atomic E-state index is -0.322. The molecule has 0 unspecified atom stereocenters. The number of nitrogens with one attached hydrogen (secondary N) is 3. The van der Waals surface area contributed by atoms with Gasteiger partial charge in [0.25, 0.3) is 5.91 Å². The molecule has 164 valence electrons. The van der Waals surface area contributed by atoms with E-state index in [0.29, 0.717) is 23.2 Å². The van der Waals surface area contributed by atoms with Crippen molar-refractivity contribution < 1.29 is 14.0 Å². The van der Waals surface area contributed by atoms with Gasteiger partial charge in [-0.1, -0.05) is 18.6 Å². The Morgan fingerprint density at radius 2 is 1.84 bits per heavy atom. The van der Waals surface area contributed by atoms with Gasteiger partial charge in [-0.2, -0.15) is 0 Å². The first-order valence-electron chi connectivity index (χ1n) is 11.1. The number of pyridine rings is 1. The van der Waals surface area contributed by atoms with Crippen LogP contribution < -0.4 is 16.0 Å². The summed E-state index contributed by atoms with van der Waals surface area (Å²) in [6.45, 7) is 1.89. The Kier molecular flexibility index (Phi) is 6.92. The van der Waals surface area contributed by atoms with Gasteiger partial charge in [-0.25, -0.2) is 4.39 Å². The van der Waals surface area contributed by atoms with E-state index in [1.807, 2.05) is 0 Å². The van der Waals surface area contributed by atoms with Gasteiger partial charge in [0.1, 0.15) is 5.82 Å². The van der Waals surface area contributed by atoms with E-state index in [-0.39, 0.29) is 35.6 Å². The highest BCUT2D eigenvalue weighted by Crippen LogP contribution is 2.25. The molecule has 1 aromatic heterocycles. The minimum Gasteiger partial charge on any atom is -0.353 e. The molecule has 2 fully saturated rings. The van der Waals surface area contributed by atoms with Crippen LogP contribution in [-0.4, -0.2) is 42.0 Å². The van der Waals surface area contributed by atoms with Crippen molar-refractivity contribution in [1.29, 1.82) is 0 Å². The summed E-state index contributed by atoms with van der Waals surface area (Å²) in [7, 11) is 0. The molecule has 4 rings (SSSR count). The maximum atomic E-state index is 13.4. The zero-order chi connectivity index (χ0) is 21.6. The number of hydrogen-bond acceptors (Lipinski definition) is 4. The van der Waals surface area contributed by atoms with Crippen LogP contribution in [0.4, 0.5) is 4.39 Å². The average molecular weight is 425 g/mol. The Hall–Kier alpha value is -2.80. The molecule has 2 aliphatic rings. The van der Waals surface area contributed by atoms with Gasteiger partial charge in [0, 0.05) is 29.8 Å². The van der Waals surface area contributed by atoms with Gasteiger partial charge in [0.05, 0.1) is 11.3 Å². The first-order valence-corrected chi connectivity index (χ1v) is 11.1. The summed E-state index contributed by atoms with van der Waals surface area (Å²) in [6.07, 6.45) is 6.78. The van der Waals surface area contributed by atoms with Crippen LogP contribution in [0.15, 0.2) is 42.6 Å². The van der Waals surface area contributed by atoms with Crippen LogP contribution in [0.3, 0.4) is 0 Å². The molecular weight excluding hydrogens is 395 g/mol. The molecule has 0 bridgehead atoms. The van der Waals surface area contributed by atoms with Gasteiger partial charge in [-0.05, 0) is 69.5 Å². The second kappa shape index (κ2) is 10.0. The molecule has 1 aliphatic carbocycles. The van der Waals surface area contributed by atoms with Crippen molar-refractivity contribution >= 4 is 11.8 Å². The van der Waals surface area contributed by atoms with Crippen molar-refractivity contribution in [2.45, 2.75) is 50.6 Å². The number of carbonyl (C=O) groups is 2. The van der Waals surface area contributed by atoms with E-state index in [9.17, 15) is 14.0 Å². The first kappa shape index (κ1) is 21.4. The van der Waals surface area contributed by atoms with E-state index >= 15 is 0 Å². The summed E-state index contributed by atoms with van der Waals surface area (Å²) in [5.41, 5.74) is 1.74. The molecular formula is C24H29FN4O2. The normalized spacial score (nSPS) is 22.0. The third-order valence-corrected chi connectivity index (χ3v) is 6.21. The maximum Gasteiger partial charge on any atom is 0.253 e. The zero-order valence-electron chi connectivity index (χ0n) is 17.6. The van der Waals surface area contributed by atoms with Gasteiger partial charge < -0.3 is 16.0 Å². The molecule has 0 spiro atoms. The smallest absolute Gasteiger partial charge is 0.253 e. The number of carbonyl (C=O) groups excluding carboxylic acids is 2. The highest BCUT2D eigenvalue weighted by Gasteiger charge is 2.29. The molecule has 0 radical (unpaired) electrons. The average Bonchev–Trinajstić information content (AvgIpc) is 2.80. The van der Waals surface area contributed by atoms with Crippen LogP contribution in [0.25, 0.3) is 11.3 Å². The van der Waals surface area contributed by atoms with Crippen molar-refractivity contribution in [2.75, 3.05) is 13.1 Å². The molecule has 1 saturated carbocycles. The molecule has 2 aromatic rings. The highest BCUT2D eigenvalue weighted by atomic mass is 19.1. The second-order valence-electron chi connectivity index (χ2n) is 8.51. The molecule has 2 atom stereocenters. The highest BCUT2D eigenvalue weighted by molar-refractivity contribution is 5.94. The molecule has 6 nitrogen and oxygen atoms in total. The Morgan fingerprint density at radius 3 is 2.58 bits per heavy atom. The van der Waals surface area contributed by atoms with E-state index < -0.39 is 0 Å². The van der Waals surface area contributed by atoms with Crippen molar-refractivity contribution in [3.8, 4) is 11.3 Å². The topological polar surface area (TPSA) is 83.1 Å². The third-order valence-electron chi connectivity index (χ3n) is 6.21. The van der Waals surface area contributed by atoms with Gasteiger partial charge in [-0.15, -0.1) is 0 Å². The molecule has 2 amide bonds. The van der Waals surface area contributed by atoms with Crippen LogP contribution in [-0.2, 0) is 4.79 Å². The molecule has 2 heterocycles. The van der Waals surface area contributed by atoms with Crippen LogP contribution in [0.1, 0.15) is 48.9 Å². The molecule has 31 heavy (non-hydrogen) atoms. The number of halogens is 1. The molecule has 7 heteroatoms. The fraction of sp³-hybridized carbons (Fsp3) is 0.458. The monoisotopic (exact) mass is 424 g/mol. The van der Waals surface area contributed by atoms with Gasteiger partial charge >= 0.3 is 0 Å². The standard InChI is InChI=1S/C24H29FN4O2/c25-19-5-1-3-16(13-19)22-8-7-18(15-27-22)24(31)29-21-6-2-4-17(14-21)23(30)28-20-9-11-26-12-10-20/h1,3,5,7-8,13,15,17,20-21,26H,2,4,6,9-12,14H2,(H,28,30)(H,29,31)/t17-,21+/m0/s1. The van der Waals surface area contributed by atoms with Crippen LogP contribution in [0.2, 0.25) is 0 Å². The zero-order valence-corrected chi connectivity index (χ0v) is 17.6. The molecule has 1 saturated heterocycles. The minimum absolute atomic E-state index is 0.0204. The molecule has 1 aliphatic heterocycles. The number of benzene rings is 1. The summed E-state index contributed by atoms with van der Waals surface area (Å²) in [6, 6.07) is 9.87. The van der Waals surface area contributed by atoms with Crippen molar-refractivity contribution in [1.82, 2.24) is 20.9 Å². The fourth-order valence-corrected chi connectivity index (χ4v) is 4.46. The number of rotatable bonds is 5. The summed E-state index contributed by atoms with van der Waals surface area (Å²) in [5, 5.41) is 9.56. The number of piperidine rings is 1. The Balaban J connectivity index is 1.32. The van der Waals surface area contributed by atoms with Gasteiger partial charge in [-0.3, -0.25) is 14.6 Å². The Labute approximate surface area is 182 Å². The second-order valence-corrected chi connectivity index (χ2v) is 8.51. The van der Waals surface area contributed by atoms with Gasteiger partial charge in [0.2, 0.25) is 5.91 Å². The number of amides is 2. The lowest BCUT2D eigenvalue weighted by Gasteiger charge is -2.31. The van der Waals surface area contributed by atoms with E-state index in [4.69, 9.17) is 0 Å². The molecule has 1 aromatic carbocycles. The Bertz CT molecular complexity index is 912. The Morgan fingerprint density at radius 1 is 1.00 bits per heavy atom. The maximum absolute atomic E-state index is 13.4. The largest absolute Gasteiger partial charge is 0.353 e. The lowest BCUT2D eigenvalue weighted by atomic mass is 9.84. The SMILES string of the molecule is O=C(N[C@@H]1CCC[C@H](C(=O)NC2CCNCC2)C1)c1ccc(-c2cccc(F)c2)nc1. The van der Waals surface area contributed by atoms with Crippen molar-refractivity contribution in [3.05, 3.63) is 54.0 Å². The van der Waals surface area contributed by atoms with E-state index in [0.717, 1.165) is 45.2 Å². The quantitative estimate of drug-likeness (QED) is 0.689. The van der Waals surface area contributed by atoms with Gasteiger partial charge in [0.15, 0.2) is 0 Å².